The third-order valence-corrected chi connectivity index (χ3v) is 1.38. The molecule has 0 aromatic rings. The van der Waals surface area contributed by atoms with Crippen LogP contribution in [0.25, 0.3) is 0 Å². The van der Waals surface area contributed by atoms with Crippen LogP contribution in [0.2, 0.25) is 0 Å². The van der Waals surface area contributed by atoms with Crippen molar-refractivity contribution >= 4 is 7.85 Å². The van der Waals surface area contributed by atoms with Crippen molar-refractivity contribution in [1.82, 2.24) is 0 Å². The highest BCUT2D eigenvalue weighted by atomic mass is 19.1. The van der Waals surface area contributed by atoms with E-state index in [-0.39, 0.29) is 17.8 Å². The maximum Gasteiger partial charge on any atom is 0.118 e. The Morgan fingerprint density at radius 3 is 2.80 bits per heavy atom. The highest BCUT2D eigenvalue weighted by Gasteiger charge is 2.08. The largest absolute Gasteiger partial charge is 0.210 e. The Bertz CT molecular complexity index is 247. The molecule has 48 valence electrons. The summed E-state index contributed by atoms with van der Waals surface area (Å²) in [5, 5.41) is 8.33. The summed E-state index contributed by atoms with van der Waals surface area (Å²) < 4.78 is 12.6. The van der Waals surface area contributed by atoms with Crippen molar-refractivity contribution in [1.29, 1.82) is 5.26 Å². The van der Waals surface area contributed by atoms with Crippen molar-refractivity contribution in [2.24, 2.45) is 0 Å². The van der Waals surface area contributed by atoms with Gasteiger partial charge in [-0.1, -0.05) is 6.08 Å². The zero-order valence-electron chi connectivity index (χ0n) is 5.39. The Labute approximate surface area is 60.3 Å². The van der Waals surface area contributed by atoms with E-state index < -0.39 is 0 Å². The highest BCUT2D eigenvalue weighted by molar-refractivity contribution is 6.22. The molecule has 0 aliphatic heterocycles. The van der Waals surface area contributed by atoms with Crippen LogP contribution in [0.4, 0.5) is 4.39 Å². The van der Waals surface area contributed by atoms with Gasteiger partial charge in [-0.05, 0) is 6.42 Å². The molecule has 1 rings (SSSR count). The van der Waals surface area contributed by atoms with E-state index in [1.165, 1.54) is 6.08 Å². The molecule has 1 aliphatic rings. The van der Waals surface area contributed by atoms with Gasteiger partial charge in [0.1, 0.15) is 19.7 Å². The lowest BCUT2D eigenvalue weighted by Crippen LogP contribution is -1.94. The van der Waals surface area contributed by atoms with Crippen LogP contribution < -0.4 is 0 Å². The fraction of sp³-hybridized carbons (Fsp3) is 0.286. The summed E-state index contributed by atoms with van der Waals surface area (Å²) in [5.41, 5.74) is 0.654. The first-order valence-corrected chi connectivity index (χ1v) is 2.99. The average Bonchev–Trinajstić information content (AvgIpc) is 1.94. The van der Waals surface area contributed by atoms with E-state index in [1.807, 2.05) is 0 Å². The van der Waals surface area contributed by atoms with Gasteiger partial charge < -0.3 is 0 Å². The van der Waals surface area contributed by atoms with Crippen molar-refractivity contribution in [3.05, 3.63) is 22.9 Å². The Morgan fingerprint density at radius 1 is 1.60 bits per heavy atom. The summed E-state index contributed by atoms with van der Waals surface area (Å²) in [5.74, 6) is -0.350. The summed E-state index contributed by atoms with van der Waals surface area (Å²) >= 11 is 0. The van der Waals surface area contributed by atoms with Crippen LogP contribution in [0, 0.1) is 11.3 Å². The molecule has 0 saturated carbocycles. The standard InChI is InChI=1S/C7H5BFN/c8-6-1-2-7(9)5(3-6)4-10/h3H,1-2H2. The minimum atomic E-state index is -0.350. The van der Waals surface area contributed by atoms with Crippen LogP contribution in [0.5, 0.6) is 0 Å². The molecule has 0 spiro atoms. The minimum Gasteiger partial charge on any atom is -0.210 e. The predicted octanol–water partition coefficient (Wildman–Crippen LogP) is 1.58. The molecule has 0 amide bonds. The quantitative estimate of drug-likeness (QED) is 0.460. The van der Waals surface area contributed by atoms with Gasteiger partial charge >= 0.3 is 0 Å². The Balaban J connectivity index is 2.95. The van der Waals surface area contributed by atoms with Crippen LogP contribution in [0.1, 0.15) is 12.8 Å². The van der Waals surface area contributed by atoms with Gasteiger partial charge in [-0.25, -0.2) is 4.39 Å². The van der Waals surface area contributed by atoms with Gasteiger partial charge in [0, 0.05) is 6.42 Å². The van der Waals surface area contributed by atoms with Crippen LogP contribution >= 0.6 is 0 Å². The van der Waals surface area contributed by atoms with Crippen LogP contribution in [0.3, 0.4) is 0 Å². The molecule has 0 aromatic heterocycles. The number of hydrogen-bond acceptors (Lipinski definition) is 1. The van der Waals surface area contributed by atoms with E-state index >= 15 is 0 Å². The molecule has 2 radical (unpaired) electrons. The summed E-state index contributed by atoms with van der Waals surface area (Å²) in [4.78, 5) is 0. The first kappa shape index (κ1) is 7.08. The Hall–Kier alpha value is -1.04. The molecular formula is C7H5BFN. The van der Waals surface area contributed by atoms with E-state index in [2.05, 4.69) is 0 Å². The predicted molar refractivity (Wildman–Crippen MR) is 36.8 cm³/mol. The van der Waals surface area contributed by atoms with Gasteiger partial charge in [0.05, 0.1) is 5.57 Å². The average molecular weight is 133 g/mol. The maximum atomic E-state index is 12.6. The normalized spacial score (nSPS) is 18.2. The van der Waals surface area contributed by atoms with Crippen LogP contribution in [-0.4, -0.2) is 7.85 Å². The fourth-order valence-electron chi connectivity index (χ4n) is 0.818. The second-order valence-corrected chi connectivity index (χ2v) is 2.15. The second kappa shape index (κ2) is 2.70. The number of nitrogens with zero attached hydrogens (tertiary/aromatic N) is 1. The summed E-state index contributed by atoms with van der Waals surface area (Å²) in [7, 11) is 5.37. The topological polar surface area (TPSA) is 23.8 Å². The number of halogens is 1. The van der Waals surface area contributed by atoms with Crippen molar-refractivity contribution in [2.45, 2.75) is 12.8 Å². The van der Waals surface area contributed by atoms with Gasteiger partial charge in [0.25, 0.3) is 0 Å². The molecule has 0 bridgehead atoms. The molecular weight excluding hydrogens is 128 g/mol. The van der Waals surface area contributed by atoms with Crippen molar-refractivity contribution in [3.8, 4) is 6.07 Å². The molecule has 1 nitrogen and oxygen atoms in total. The molecule has 0 saturated heterocycles. The maximum absolute atomic E-state index is 12.6. The number of hydrogen-bond donors (Lipinski definition) is 0. The van der Waals surface area contributed by atoms with E-state index in [0.717, 1.165) is 0 Å². The molecule has 1 aliphatic carbocycles. The fourth-order valence-corrected chi connectivity index (χ4v) is 0.818. The first-order valence-electron chi connectivity index (χ1n) is 2.99. The Kier molecular flexibility index (Phi) is 1.91. The second-order valence-electron chi connectivity index (χ2n) is 2.15. The smallest absolute Gasteiger partial charge is 0.118 e. The molecule has 0 atom stereocenters. The van der Waals surface area contributed by atoms with E-state index in [4.69, 9.17) is 13.1 Å². The lowest BCUT2D eigenvalue weighted by molar-refractivity contribution is 0.580. The highest BCUT2D eigenvalue weighted by Crippen LogP contribution is 2.22. The number of allylic oxidation sites excluding steroid dienone is 4. The SMILES string of the molecule is [B]C1=CC(C#N)=C(F)CC1. The Morgan fingerprint density at radius 2 is 2.30 bits per heavy atom. The molecule has 0 heterocycles. The molecule has 3 heteroatoms. The van der Waals surface area contributed by atoms with E-state index in [9.17, 15) is 4.39 Å². The molecule has 0 fully saturated rings. The zero-order valence-corrected chi connectivity index (χ0v) is 5.39. The molecule has 0 aromatic carbocycles. The van der Waals surface area contributed by atoms with Crippen LogP contribution in [-0.2, 0) is 0 Å². The van der Waals surface area contributed by atoms with Gasteiger partial charge in [0.15, 0.2) is 0 Å². The third-order valence-electron chi connectivity index (χ3n) is 1.38. The molecule has 0 unspecified atom stereocenters. The summed E-state index contributed by atoms with van der Waals surface area (Å²) in [6.45, 7) is 0. The first-order chi connectivity index (χ1) is 4.74. The van der Waals surface area contributed by atoms with Gasteiger partial charge in [0.2, 0.25) is 0 Å². The summed E-state index contributed by atoms with van der Waals surface area (Å²) in [6.07, 6.45) is 2.18. The molecule has 10 heavy (non-hydrogen) atoms. The van der Waals surface area contributed by atoms with Gasteiger partial charge in [-0.3, -0.25) is 0 Å². The lowest BCUT2D eigenvalue weighted by atomic mass is 9.85. The van der Waals surface area contributed by atoms with Gasteiger partial charge in [-0.2, -0.15) is 5.26 Å². The van der Waals surface area contributed by atoms with Crippen molar-refractivity contribution < 1.29 is 4.39 Å². The minimum absolute atomic E-state index is 0.0729. The molecule has 0 N–H and O–H groups in total. The third kappa shape index (κ3) is 1.27. The zero-order chi connectivity index (χ0) is 7.56. The van der Waals surface area contributed by atoms with E-state index in [1.54, 1.807) is 6.07 Å². The number of rotatable bonds is 0. The monoisotopic (exact) mass is 133 g/mol. The van der Waals surface area contributed by atoms with Gasteiger partial charge in [-0.15, -0.1) is 5.47 Å². The van der Waals surface area contributed by atoms with Crippen molar-refractivity contribution in [2.75, 3.05) is 0 Å². The van der Waals surface area contributed by atoms with E-state index in [0.29, 0.717) is 11.9 Å². The van der Waals surface area contributed by atoms with Crippen molar-refractivity contribution in [3.63, 3.8) is 0 Å². The van der Waals surface area contributed by atoms with Crippen LogP contribution in [0.15, 0.2) is 22.9 Å². The lowest BCUT2D eigenvalue weighted by Gasteiger charge is -2.06. The summed E-state index contributed by atoms with van der Waals surface area (Å²) in [6, 6.07) is 1.73. The number of nitriles is 1.